The number of hydrogen-bond acceptors (Lipinski definition) is 3. The molecule has 2 atom stereocenters. The maximum atomic E-state index is 11.8. The zero-order valence-electron chi connectivity index (χ0n) is 11.1. The number of carbonyl (C=O) groups is 1. The van der Waals surface area contributed by atoms with Crippen molar-refractivity contribution in [2.45, 2.75) is 39.7 Å². The van der Waals surface area contributed by atoms with E-state index in [1.165, 1.54) is 7.11 Å². The Morgan fingerprint density at radius 1 is 1.65 bits per heavy atom. The lowest BCUT2D eigenvalue weighted by Gasteiger charge is -2.42. The Morgan fingerprint density at radius 3 is 2.71 bits per heavy atom. The molecule has 0 aromatic carbocycles. The second-order valence-corrected chi connectivity index (χ2v) is 5.20. The van der Waals surface area contributed by atoms with Crippen molar-refractivity contribution in [2.75, 3.05) is 7.11 Å². The van der Waals surface area contributed by atoms with Crippen LogP contribution < -0.4 is 0 Å². The first-order valence-corrected chi connectivity index (χ1v) is 5.93. The summed E-state index contributed by atoms with van der Waals surface area (Å²) in [5.74, 6) is -0.538. The molecule has 0 bridgehead atoms. The van der Waals surface area contributed by atoms with Crippen molar-refractivity contribution in [1.29, 1.82) is 0 Å². The summed E-state index contributed by atoms with van der Waals surface area (Å²) < 4.78 is 4.84. The smallest absolute Gasteiger partial charge is 0.309 e. The summed E-state index contributed by atoms with van der Waals surface area (Å²) in [6.07, 6.45) is 2.39. The van der Waals surface area contributed by atoms with E-state index in [0.717, 1.165) is 11.1 Å². The van der Waals surface area contributed by atoms with Crippen molar-refractivity contribution >= 4 is 5.97 Å². The van der Waals surface area contributed by atoms with Gasteiger partial charge in [0, 0.05) is 0 Å². The van der Waals surface area contributed by atoms with Crippen molar-refractivity contribution in [1.82, 2.24) is 0 Å². The Labute approximate surface area is 103 Å². The Kier molecular flexibility index (Phi) is 4.15. The highest BCUT2D eigenvalue weighted by atomic mass is 16.5. The number of allylic oxidation sites excluding steroid dienone is 2. The van der Waals surface area contributed by atoms with Gasteiger partial charge in [-0.1, -0.05) is 25.5 Å². The van der Waals surface area contributed by atoms with Gasteiger partial charge in [0.25, 0.3) is 0 Å². The van der Waals surface area contributed by atoms with Crippen LogP contribution in [0.25, 0.3) is 0 Å². The number of aliphatic hydroxyl groups excluding tert-OH is 1. The van der Waals surface area contributed by atoms with Crippen LogP contribution in [0.2, 0.25) is 0 Å². The number of ether oxygens (including phenoxy) is 1. The summed E-state index contributed by atoms with van der Waals surface area (Å²) in [5, 5.41) is 10.0. The van der Waals surface area contributed by atoms with Crippen LogP contribution in [-0.2, 0) is 9.53 Å². The monoisotopic (exact) mass is 238 g/mol. The Morgan fingerprint density at radius 2 is 2.24 bits per heavy atom. The van der Waals surface area contributed by atoms with Crippen LogP contribution in [0.3, 0.4) is 0 Å². The van der Waals surface area contributed by atoms with Gasteiger partial charge in [-0.05, 0) is 30.8 Å². The lowest BCUT2D eigenvalue weighted by molar-refractivity contribution is -0.150. The van der Waals surface area contributed by atoms with Crippen LogP contribution >= 0.6 is 0 Å². The third-order valence-corrected chi connectivity index (χ3v) is 3.92. The number of esters is 1. The first-order chi connectivity index (χ1) is 7.86. The molecule has 1 aliphatic carbocycles. The van der Waals surface area contributed by atoms with Crippen molar-refractivity contribution in [3.63, 3.8) is 0 Å². The van der Waals surface area contributed by atoms with Crippen molar-refractivity contribution in [3.05, 3.63) is 23.8 Å². The van der Waals surface area contributed by atoms with Gasteiger partial charge in [0.1, 0.15) is 0 Å². The van der Waals surface area contributed by atoms with Gasteiger partial charge in [-0.3, -0.25) is 4.79 Å². The molecule has 0 aliphatic heterocycles. The topological polar surface area (TPSA) is 46.5 Å². The summed E-state index contributed by atoms with van der Waals surface area (Å²) in [5.41, 5.74) is 1.78. The second kappa shape index (κ2) is 5.05. The SMILES string of the molecule is C=CCC1=C(C)[C@@H](O)C[C@@H](C(=O)OC)C1(C)C. The molecule has 17 heavy (non-hydrogen) atoms. The predicted octanol–water partition coefficient (Wildman–Crippen LogP) is 2.46. The van der Waals surface area contributed by atoms with Crippen LogP contribution in [0.15, 0.2) is 23.8 Å². The maximum absolute atomic E-state index is 11.8. The molecule has 0 unspecified atom stereocenters. The summed E-state index contributed by atoms with van der Waals surface area (Å²) in [6, 6.07) is 0. The zero-order chi connectivity index (χ0) is 13.2. The molecule has 0 amide bonds. The van der Waals surface area contributed by atoms with Gasteiger partial charge in [0.05, 0.1) is 19.1 Å². The molecule has 0 spiro atoms. The molecule has 0 heterocycles. The second-order valence-electron chi connectivity index (χ2n) is 5.20. The minimum atomic E-state index is -0.554. The molecule has 3 heteroatoms. The van der Waals surface area contributed by atoms with E-state index in [9.17, 15) is 9.90 Å². The lowest BCUT2D eigenvalue weighted by atomic mass is 9.64. The first-order valence-electron chi connectivity index (χ1n) is 5.93. The van der Waals surface area contributed by atoms with Crippen LogP contribution in [0.5, 0.6) is 0 Å². The van der Waals surface area contributed by atoms with Crippen LogP contribution in [0.1, 0.15) is 33.6 Å². The quantitative estimate of drug-likeness (QED) is 0.607. The number of aliphatic hydroxyl groups is 1. The molecular weight excluding hydrogens is 216 g/mol. The Hall–Kier alpha value is -1.09. The van der Waals surface area contributed by atoms with E-state index < -0.39 is 6.10 Å². The third-order valence-electron chi connectivity index (χ3n) is 3.92. The molecule has 0 fully saturated rings. The number of methoxy groups -OCH3 is 1. The van der Waals surface area contributed by atoms with E-state index >= 15 is 0 Å². The average molecular weight is 238 g/mol. The fraction of sp³-hybridized carbons (Fsp3) is 0.643. The van der Waals surface area contributed by atoms with E-state index in [1.807, 2.05) is 26.8 Å². The van der Waals surface area contributed by atoms with E-state index in [2.05, 4.69) is 6.58 Å². The van der Waals surface area contributed by atoms with Gasteiger partial charge in [-0.15, -0.1) is 6.58 Å². The van der Waals surface area contributed by atoms with E-state index in [-0.39, 0.29) is 17.3 Å². The highest BCUT2D eigenvalue weighted by molar-refractivity contribution is 5.74. The normalized spacial score (nSPS) is 27.8. The standard InChI is InChI=1S/C14H22O3/c1-6-7-10-9(2)12(15)8-11(13(16)17-5)14(10,3)4/h6,11-12,15H,1,7-8H2,2-5H3/t11-,12-/m0/s1. The summed E-state index contributed by atoms with van der Waals surface area (Å²) in [7, 11) is 1.39. The number of carbonyl (C=O) groups excluding carboxylic acids is 1. The Balaban J connectivity index is 3.19. The van der Waals surface area contributed by atoms with Gasteiger partial charge in [-0.25, -0.2) is 0 Å². The molecular formula is C14H22O3. The third kappa shape index (κ3) is 2.44. The van der Waals surface area contributed by atoms with E-state index in [0.29, 0.717) is 12.8 Å². The summed E-state index contributed by atoms with van der Waals surface area (Å²) in [6.45, 7) is 9.73. The molecule has 1 rings (SSSR count). The molecule has 0 aromatic heterocycles. The molecule has 0 saturated heterocycles. The fourth-order valence-electron chi connectivity index (χ4n) is 2.72. The van der Waals surface area contributed by atoms with Gasteiger partial charge in [0.15, 0.2) is 0 Å². The summed E-state index contributed by atoms with van der Waals surface area (Å²) >= 11 is 0. The number of rotatable bonds is 3. The van der Waals surface area contributed by atoms with Gasteiger partial charge in [0.2, 0.25) is 0 Å². The van der Waals surface area contributed by atoms with E-state index in [4.69, 9.17) is 4.74 Å². The number of hydrogen-bond donors (Lipinski definition) is 1. The maximum Gasteiger partial charge on any atom is 0.309 e. The fourth-order valence-corrected chi connectivity index (χ4v) is 2.72. The lowest BCUT2D eigenvalue weighted by Crippen LogP contribution is -2.41. The highest BCUT2D eigenvalue weighted by Gasteiger charge is 2.44. The van der Waals surface area contributed by atoms with Crippen LogP contribution in [0, 0.1) is 11.3 Å². The van der Waals surface area contributed by atoms with Gasteiger partial charge in [-0.2, -0.15) is 0 Å². The minimum Gasteiger partial charge on any atom is -0.469 e. The summed E-state index contributed by atoms with van der Waals surface area (Å²) in [4.78, 5) is 11.8. The molecule has 1 N–H and O–H groups in total. The highest BCUT2D eigenvalue weighted by Crippen LogP contribution is 2.46. The van der Waals surface area contributed by atoms with E-state index in [1.54, 1.807) is 0 Å². The van der Waals surface area contributed by atoms with Gasteiger partial charge >= 0.3 is 5.97 Å². The predicted molar refractivity (Wildman–Crippen MR) is 67.4 cm³/mol. The average Bonchev–Trinajstić information content (AvgIpc) is 2.28. The van der Waals surface area contributed by atoms with Crippen molar-refractivity contribution in [3.8, 4) is 0 Å². The molecule has 0 radical (unpaired) electrons. The largest absolute Gasteiger partial charge is 0.469 e. The van der Waals surface area contributed by atoms with Crippen molar-refractivity contribution in [2.24, 2.45) is 11.3 Å². The molecule has 0 aromatic rings. The molecule has 96 valence electrons. The molecule has 0 saturated carbocycles. The Bertz CT molecular complexity index is 352. The van der Waals surface area contributed by atoms with Gasteiger partial charge < -0.3 is 9.84 Å². The molecule has 3 nitrogen and oxygen atoms in total. The zero-order valence-corrected chi connectivity index (χ0v) is 11.1. The first kappa shape index (κ1) is 14.0. The molecule has 1 aliphatic rings. The van der Waals surface area contributed by atoms with Crippen LogP contribution in [0.4, 0.5) is 0 Å². The van der Waals surface area contributed by atoms with Crippen LogP contribution in [-0.4, -0.2) is 24.3 Å². The van der Waals surface area contributed by atoms with Crippen molar-refractivity contribution < 1.29 is 14.6 Å². The minimum absolute atomic E-state index is 0.247.